The molecule has 3 rings (SSSR count). The summed E-state index contributed by atoms with van der Waals surface area (Å²) in [7, 11) is 0. The van der Waals surface area contributed by atoms with E-state index in [1.807, 2.05) is 30.3 Å². The molecule has 0 unspecified atom stereocenters. The van der Waals surface area contributed by atoms with Crippen LogP contribution in [0, 0.1) is 5.82 Å². The van der Waals surface area contributed by atoms with Gasteiger partial charge in [-0.3, -0.25) is 4.98 Å². The molecule has 5 nitrogen and oxygen atoms in total. The Labute approximate surface area is 164 Å². The zero-order chi connectivity index (χ0) is 19.1. The number of ether oxygens (including phenoxy) is 1. The highest BCUT2D eigenvalue weighted by Crippen LogP contribution is 2.19. The maximum Gasteiger partial charge on any atom is 0.170 e. The van der Waals surface area contributed by atoms with Crippen molar-refractivity contribution in [2.75, 3.05) is 0 Å². The summed E-state index contributed by atoms with van der Waals surface area (Å²) in [6, 6.07) is 15.4. The van der Waals surface area contributed by atoms with Gasteiger partial charge in [-0.05, 0) is 30.3 Å². The summed E-state index contributed by atoms with van der Waals surface area (Å²) in [5.41, 5.74) is 8.40. The lowest BCUT2D eigenvalue weighted by Gasteiger charge is -2.08. The number of oxime groups is 1. The molecule has 2 N–H and O–H groups in total. The van der Waals surface area contributed by atoms with Gasteiger partial charge in [0, 0.05) is 33.6 Å². The van der Waals surface area contributed by atoms with Gasteiger partial charge in [0.2, 0.25) is 0 Å². The number of halogens is 2. The molecule has 0 spiro atoms. The summed E-state index contributed by atoms with van der Waals surface area (Å²) in [6.07, 6.45) is 3.47. The van der Waals surface area contributed by atoms with Crippen LogP contribution in [-0.2, 0) is 18.1 Å². The SMILES string of the molecule is N/C(=N/OCc1ccc(F)cc1Br)c1cccc(OCc2cccnc2)c1. The van der Waals surface area contributed by atoms with Crippen molar-refractivity contribution in [1.82, 2.24) is 4.98 Å². The Bertz CT molecular complexity index is 936. The summed E-state index contributed by atoms with van der Waals surface area (Å²) in [6.45, 7) is 0.572. The fraction of sp³-hybridized carbons (Fsp3) is 0.100. The minimum absolute atomic E-state index is 0.165. The predicted octanol–water partition coefficient (Wildman–Crippen LogP) is 4.40. The number of nitrogens with zero attached hydrogens (tertiary/aromatic N) is 2. The number of rotatable bonds is 7. The van der Waals surface area contributed by atoms with Crippen LogP contribution < -0.4 is 10.5 Å². The van der Waals surface area contributed by atoms with Gasteiger partial charge in [-0.2, -0.15) is 0 Å². The average Bonchev–Trinajstić information content (AvgIpc) is 2.69. The molecule has 0 amide bonds. The van der Waals surface area contributed by atoms with Crippen LogP contribution in [0.5, 0.6) is 5.75 Å². The van der Waals surface area contributed by atoms with E-state index < -0.39 is 0 Å². The fourth-order valence-electron chi connectivity index (χ4n) is 2.26. The molecule has 138 valence electrons. The van der Waals surface area contributed by atoms with E-state index in [4.69, 9.17) is 15.3 Å². The van der Waals surface area contributed by atoms with E-state index in [-0.39, 0.29) is 18.3 Å². The normalized spacial score (nSPS) is 11.3. The highest BCUT2D eigenvalue weighted by molar-refractivity contribution is 9.10. The first-order valence-corrected chi connectivity index (χ1v) is 8.92. The Morgan fingerprint density at radius 2 is 2.00 bits per heavy atom. The van der Waals surface area contributed by atoms with Crippen LogP contribution in [0.3, 0.4) is 0 Å². The number of benzene rings is 2. The minimum atomic E-state index is -0.322. The Balaban J connectivity index is 1.60. The van der Waals surface area contributed by atoms with Crippen molar-refractivity contribution in [3.8, 4) is 5.75 Å². The van der Waals surface area contributed by atoms with Crippen molar-refractivity contribution in [1.29, 1.82) is 0 Å². The molecular weight excluding hydrogens is 413 g/mol. The fourth-order valence-corrected chi connectivity index (χ4v) is 2.72. The van der Waals surface area contributed by atoms with Crippen LogP contribution in [0.1, 0.15) is 16.7 Å². The van der Waals surface area contributed by atoms with Crippen molar-refractivity contribution < 1.29 is 14.0 Å². The highest BCUT2D eigenvalue weighted by atomic mass is 79.9. The second-order valence-electron chi connectivity index (χ2n) is 5.66. The Kier molecular flexibility index (Phi) is 6.38. The lowest BCUT2D eigenvalue weighted by atomic mass is 10.2. The maximum atomic E-state index is 13.1. The van der Waals surface area contributed by atoms with E-state index in [0.717, 1.165) is 11.1 Å². The van der Waals surface area contributed by atoms with Gasteiger partial charge in [0.1, 0.15) is 24.8 Å². The first-order chi connectivity index (χ1) is 13.1. The summed E-state index contributed by atoms with van der Waals surface area (Å²) in [4.78, 5) is 9.34. The van der Waals surface area contributed by atoms with Gasteiger partial charge in [0.05, 0.1) is 0 Å². The van der Waals surface area contributed by atoms with Crippen molar-refractivity contribution in [2.45, 2.75) is 13.2 Å². The Hall–Kier alpha value is -2.93. The highest BCUT2D eigenvalue weighted by Gasteiger charge is 2.05. The van der Waals surface area contributed by atoms with Crippen LogP contribution in [0.25, 0.3) is 0 Å². The molecule has 1 heterocycles. The zero-order valence-electron chi connectivity index (χ0n) is 14.3. The number of nitrogens with two attached hydrogens (primary N) is 1. The predicted molar refractivity (Wildman–Crippen MR) is 105 cm³/mol. The number of aromatic nitrogens is 1. The van der Waals surface area contributed by atoms with Crippen molar-refractivity contribution in [3.05, 3.63) is 94.0 Å². The molecule has 27 heavy (non-hydrogen) atoms. The molecule has 0 fully saturated rings. The third-order valence-electron chi connectivity index (χ3n) is 3.66. The van der Waals surface area contributed by atoms with E-state index >= 15 is 0 Å². The molecule has 2 aromatic carbocycles. The van der Waals surface area contributed by atoms with E-state index in [2.05, 4.69) is 26.1 Å². The van der Waals surface area contributed by atoms with Gasteiger partial charge in [0.25, 0.3) is 0 Å². The molecule has 0 atom stereocenters. The standard InChI is InChI=1S/C20H17BrFN3O2/c21-19-10-17(22)7-6-16(19)13-27-25-20(23)15-4-1-5-18(9-15)26-12-14-3-2-8-24-11-14/h1-11H,12-13H2,(H2,23,25). The molecule has 0 saturated carbocycles. The molecule has 7 heteroatoms. The molecule has 1 aromatic heterocycles. The topological polar surface area (TPSA) is 69.7 Å². The quantitative estimate of drug-likeness (QED) is 0.343. The average molecular weight is 430 g/mol. The number of amidine groups is 1. The summed E-state index contributed by atoms with van der Waals surface area (Å²) in [5.74, 6) is 0.563. The van der Waals surface area contributed by atoms with Gasteiger partial charge in [0.15, 0.2) is 5.84 Å². The van der Waals surface area contributed by atoms with E-state index in [9.17, 15) is 4.39 Å². The summed E-state index contributed by atoms with van der Waals surface area (Å²) in [5, 5.41) is 3.93. The second-order valence-corrected chi connectivity index (χ2v) is 6.52. The molecule has 0 radical (unpaired) electrons. The second kappa shape index (κ2) is 9.14. The number of hydrogen-bond acceptors (Lipinski definition) is 4. The van der Waals surface area contributed by atoms with Gasteiger partial charge in [-0.15, -0.1) is 0 Å². The summed E-state index contributed by atoms with van der Waals surface area (Å²) >= 11 is 3.28. The van der Waals surface area contributed by atoms with Gasteiger partial charge >= 0.3 is 0 Å². The minimum Gasteiger partial charge on any atom is -0.489 e. The van der Waals surface area contributed by atoms with Crippen LogP contribution >= 0.6 is 15.9 Å². The first kappa shape index (κ1) is 18.8. The van der Waals surface area contributed by atoms with Crippen LogP contribution in [0.15, 0.2) is 76.6 Å². The molecular formula is C20H17BrFN3O2. The van der Waals surface area contributed by atoms with Gasteiger partial charge < -0.3 is 15.3 Å². The monoisotopic (exact) mass is 429 g/mol. The van der Waals surface area contributed by atoms with Crippen LogP contribution in [-0.4, -0.2) is 10.8 Å². The first-order valence-electron chi connectivity index (χ1n) is 8.13. The van der Waals surface area contributed by atoms with Gasteiger partial charge in [-0.1, -0.05) is 45.4 Å². The Morgan fingerprint density at radius 3 is 2.78 bits per heavy atom. The molecule has 0 aliphatic rings. The molecule has 3 aromatic rings. The lowest BCUT2D eigenvalue weighted by molar-refractivity contribution is 0.130. The number of hydrogen-bond donors (Lipinski definition) is 1. The van der Waals surface area contributed by atoms with Crippen LogP contribution in [0.4, 0.5) is 4.39 Å². The zero-order valence-corrected chi connectivity index (χ0v) is 15.9. The van der Waals surface area contributed by atoms with Crippen LogP contribution in [0.2, 0.25) is 0 Å². The summed E-state index contributed by atoms with van der Waals surface area (Å²) < 4.78 is 19.5. The van der Waals surface area contributed by atoms with Gasteiger partial charge in [-0.25, -0.2) is 4.39 Å². The van der Waals surface area contributed by atoms with E-state index in [1.54, 1.807) is 24.5 Å². The molecule has 0 aliphatic heterocycles. The number of pyridine rings is 1. The molecule has 0 saturated heterocycles. The van der Waals surface area contributed by atoms with E-state index in [1.165, 1.54) is 12.1 Å². The lowest BCUT2D eigenvalue weighted by Crippen LogP contribution is -2.14. The van der Waals surface area contributed by atoms with Crippen molar-refractivity contribution in [2.24, 2.45) is 10.9 Å². The molecule has 0 aliphatic carbocycles. The van der Waals surface area contributed by atoms with Crippen molar-refractivity contribution >= 4 is 21.8 Å². The smallest absolute Gasteiger partial charge is 0.170 e. The third kappa shape index (κ3) is 5.52. The Morgan fingerprint density at radius 1 is 1.11 bits per heavy atom. The van der Waals surface area contributed by atoms with Crippen molar-refractivity contribution in [3.63, 3.8) is 0 Å². The largest absolute Gasteiger partial charge is 0.489 e. The third-order valence-corrected chi connectivity index (χ3v) is 4.39. The maximum absolute atomic E-state index is 13.1. The molecule has 0 bridgehead atoms. The van der Waals surface area contributed by atoms with E-state index in [0.29, 0.717) is 22.4 Å².